The van der Waals surface area contributed by atoms with Crippen LogP contribution in [0.25, 0.3) is 0 Å². The van der Waals surface area contributed by atoms with Crippen molar-refractivity contribution < 1.29 is 14.2 Å². The first-order valence-electron chi connectivity index (χ1n) is 7.10. The maximum atomic E-state index is 5.89. The van der Waals surface area contributed by atoms with Crippen molar-refractivity contribution in [2.45, 2.75) is 19.6 Å². The Labute approximate surface area is 120 Å². The standard InChI is InChI=1S/C15H24N2O3/c1-3-17-6-7-19-14(10-17)11-20-15-8-13(18-2)5-4-12(15)9-16/h4-5,8,14H,3,6-7,9-11,16H2,1-2H3. The maximum Gasteiger partial charge on any atom is 0.127 e. The third kappa shape index (κ3) is 3.85. The average molecular weight is 280 g/mol. The molecule has 2 N–H and O–H groups in total. The fourth-order valence-corrected chi connectivity index (χ4v) is 2.32. The number of likely N-dealkylation sites (N-methyl/N-ethyl adjacent to an activating group) is 1. The van der Waals surface area contributed by atoms with Gasteiger partial charge in [-0.25, -0.2) is 0 Å². The molecular formula is C15H24N2O3. The maximum absolute atomic E-state index is 5.89. The minimum Gasteiger partial charge on any atom is -0.497 e. The quantitative estimate of drug-likeness (QED) is 0.850. The van der Waals surface area contributed by atoms with E-state index in [0.29, 0.717) is 13.2 Å². The van der Waals surface area contributed by atoms with Gasteiger partial charge >= 0.3 is 0 Å². The van der Waals surface area contributed by atoms with Gasteiger partial charge in [-0.2, -0.15) is 0 Å². The van der Waals surface area contributed by atoms with Gasteiger partial charge in [-0.1, -0.05) is 13.0 Å². The van der Waals surface area contributed by atoms with Gasteiger partial charge in [0.15, 0.2) is 0 Å². The van der Waals surface area contributed by atoms with Gasteiger partial charge in [0.1, 0.15) is 24.2 Å². The van der Waals surface area contributed by atoms with Crippen LogP contribution in [0.3, 0.4) is 0 Å². The zero-order valence-corrected chi connectivity index (χ0v) is 12.3. The lowest BCUT2D eigenvalue weighted by atomic mass is 10.2. The van der Waals surface area contributed by atoms with Crippen LogP contribution >= 0.6 is 0 Å². The monoisotopic (exact) mass is 280 g/mol. The molecule has 1 aliphatic heterocycles. The molecule has 0 spiro atoms. The lowest BCUT2D eigenvalue weighted by Crippen LogP contribution is -2.44. The van der Waals surface area contributed by atoms with Crippen LogP contribution < -0.4 is 15.2 Å². The summed E-state index contributed by atoms with van der Waals surface area (Å²) >= 11 is 0. The highest BCUT2D eigenvalue weighted by atomic mass is 16.5. The fourth-order valence-electron chi connectivity index (χ4n) is 2.32. The number of ether oxygens (including phenoxy) is 3. The molecule has 1 unspecified atom stereocenters. The lowest BCUT2D eigenvalue weighted by Gasteiger charge is -2.32. The molecule has 112 valence electrons. The van der Waals surface area contributed by atoms with E-state index >= 15 is 0 Å². The van der Waals surface area contributed by atoms with Crippen LogP contribution in [0.5, 0.6) is 11.5 Å². The van der Waals surface area contributed by atoms with Crippen LogP contribution in [0, 0.1) is 0 Å². The summed E-state index contributed by atoms with van der Waals surface area (Å²) in [5.74, 6) is 1.56. The van der Waals surface area contributed by atoms with Gasteiger partial charge in [0.2, 0.25) is 0 Å². The first-order valence-corrected chi connectivity index (χ1v) is 7.10. The second-order valence-electron chi connectivity index (χ2n) is 4.87. The van der Waals surface area contributed by atoms with E-state index in [1.54, 1.807) is 7.11 Å². The third-order valence-electron chi connectivity index (χ3n) is 3.59. The van der Waals surface area contributed by atoms with Gasteiger partial charge in [-0.05, 0) is 12.6 Å². The number of nitrogens with two attached hydrogens (primary N) is 1. The van der Waals surface area contributed by atoms with Crippen molar-refractivity contribution in [2.24, 2.45) is 5.73 Å². The predicted molar refractivity (Wildman–Crippen MR) is 78.2 cm³/mol. The summed E-state index contributed by atoms with van der Waals surface area (Å²) in [4.78, 5) is 2.37. The molecule has 1 aromatic carbocycles. The highest BCUT2D eigenvalue weighted by molar-refractivity contribution is 5.40. The van der Waals surface area contributed by atoms with Gasteiger partial charge in [0.05, 0.1) is 13.7 Å². The second kappa shape index (κ2) is 7.47. The Kier molecular flexibility index (Phi) is 5.64. The van der Waals surface area contributed by atoms with E-state index in [9.17, 15) is 0 Å². The Morgan fingerprint density at radius 3 is 3.00 bits per heavy atom. The fraction of sp³-hybridized carbons (Fsp3) is 0.600. The van der Waals surface area contributed by atoms with Gasteiger partial charge < -0.3 is 19.9 Å². The van der Waals surface area contributed by atoms with Crippen LogP contribution in [0.1, 0.15) is 12.5 Å². The van der Waals surface area contributed by atoms with E-state index < -0.39 is 0 Å². The van der Waals surface area contributed by atoms with Crippen molar-refractivity contribution in [2.75, 3.05) is 40.0 Å². The summed E-state index contributed by atoms with van der Waals surface area (Å²) in [6.45, 7) is 6.88. The minimum atomic E-state index is 0.112. The molecule has 0 aliphatic carbocycles. The molecule has 0 aromatic heterocycles. The Morgan fingerprint density at radius 1 is 1.45 bits per heavy atom. The molecule has 1 atom stereocenters. The van der Waals surface area contributed by atoms with E-state index in [4.69, 9.17) is 19.9 Å². The first kappa shape index (κ1) is 15.1. The van der Waals surface area contributed by atoms with Crippen molar-refractivity contribution >= 4 is 0 Å². The summed E-state index contributed by atoms with van der Waals surface area (Å²) in [5.41, 5.74) is 6.71. The summed E-state index contributed by atoms with van der Waals surface area (Å²) < 4.78 is 16.8. The number of hydrogen-bond donors (Lipinski definition) is 1. The molecule has 0 bridgehead atoms. The van der Waals surface area contributed by atoms with Gasteiger partial charge in [-0.15, -0.1) is 0 Å². The molecule has 0 saturated carbocycles. The third-order valence-corrected chi connectivity index (χ3v) is 3.59. The van der Waals surface area contributed by atoms with Crippen molar-refractivity contribution in [3.63, 3.8) is 0 Å². The van der Waals surface area contributed by atoms with Crippen LogP contribution in [0.4, 0.5) is 0 Å². The Bertz CT molecular complexity index is 426. The second-order valence-corrected chi connectivity index (χ2v) is 4.87. The van der Waals surface area contributed by atoms with Gasteiger partial charge in [-0.3, -0.25) is 4.90 Å². The highest BCUT2D eigenvalue weighted by Gasteiger charge is 2.20. The van der Waals surface area contributed by atoms with Gasteiger partial charge in [0.25, 0.3) is 0 Å². The zero-order chi connectivity index (χ0) is 14.4. The summed E-state index contributed by atoms with van der Waals surface area (Å²) in [6.07, 6.45) is 0.112. The van der Waals surface area contributed by atoms with E-state index in [-0.39, 0.29) is 6.10 Å². The average Bonchev–Trinajstić information content (AvgIpc) is 2.52. The zero-order valence-electron chi connectivity index (χ0n) is 12.3. The Hall–Kier alpha value is -1.30. The van der Waals surface area contributed by atoms with Crippen molar-refractivity contribution in [3.8, 4) is 11.5 Å². The molecule has 1 heterocycles. The molecule has 2 rings (SSSR count). The number of benzene rings is 1. The normalized spacial score (nSPS) is 19.9. The van der Waals surface area contributed by atoms with Crippen molar-refractivity contribution in [1.82, 2.24) is 4.90 Å². The van der Waals surface area contributed by atoms with E-state index in [1.165, 1.54) is 0 Å². The van der Waals surface area contributed by atoms with E-state index in [0.717, 1.165) is 43.3 Å². The molecule has 5 heteroatoms. The number of methoxy groups -OCH3 is 1. The molecule has 0 radical (unpaired) electrons. The SMILES string of the molecule is CCN1CCOC(COc2cc(OC)ccc2CN)C1. The lowest BCUT2D eigenvalue weighted by molar-refractivity contribution is -0.0465. The van der Waals surface area contributed by atoms with Crippen LogP contribution in [0.15, 0.2) is 18.2 Å². The largest absolute Gasteiger partial charge is 0.497 e. The molecule has 1 aromatic rings. The van der Waals surface area contributed by atoms with Crippen LogP contribution in [-0.4, -0.2) is 51.0 Å². The number of rotatable bonds is 6. The van der Waals surface area contributed by atoms with E-state index in [1.807, 2.05) is 18.2 Å². The number of morpholine rings is 1. The topological polar surface area (TPSA) is 57.0 Å². The minimum absolute atomic E-state index is 0.112. The molecule has 0 amide bonds. The molecule has 1 aliphatic rings. The van der Waals surface area contributed by atoms with Gasteiger partial charge in [0, 0.05) is 31.3 Å². The smallest absolute Gasteiger partial charge is 0.127 e. The first-order chi connectivity index (χ1) is 9.76. The summed E-state index contributed by atoms with van der Waals surface area (Å²) in [7, 11) is 1.64. The molecular weight excluding hydrogens is 256 g/mol. The number of hydrogen-bond acceptors (Lipinski definition) is 5. The van der Waals surface area contributed by atoms with Crippen molar-refractivity contribution in [3.05, 3.63) is 23.8 Å². The predicted octanol–water partition coefficient (Wildman–Crippen LogP) is 1.25. The summed E-state index contributed by atoms with van der Waals surface area (Å²) in [6, 6.07) is 5.71. The molecule has 1 fully saturated rings. The van der Waals surface area contributed by atoms with Crippen molar-refractivity contribution in [1.29, 1.82) is 0 Å². The Balaban J connectivity index is 1.95. The molecule has 5 nitrogen and oxygen atoms in total. The van der Waals surface area contributed by atoms with Crippen LogP contribution in [0.2, 0.25) is 0 Å². The summed E-state index contributed by atoms with van der Waals surface area (Å²) in [5, 5.41) is 0. The highest BCUT2D eigenvalue weighted by Crippen LogP contribution is 2.25. The van der Waals surface area contributed by atoms with E-state index in [2.05, 4.69) is 11.8 Å². The number of nitrogens with zero attached hydrogens (tertiary/aromatic N) is 1. The molecule has 1 saturated heterocycles. The Morgan fingerprint density at radius 2 is 2.30 bits per heavy atom. The molecule has 20 heavy (non-hydrogen) atoms. The van der Waals surface area contributed by atoms with Crippen LogP contribution in [-0.2, 0) is 11.3 Å².